The van der Waals surface area contributed by atoms with Crippen molar-refractivity contribution in [1.82, 2.24) is 10.2 Å². The van der Waals surface area contributed by atoms with Crippen LogP contribution in [0.4, 0.5) is 5.69 Å². The number of nitrogens with two attached hydrogens (primary N) is 1. The summed E-state index contributed by atoms with van der Waals surface area (Å²) in [7, 11) is 0. The number of nitrogen functional groups attached to an aromatic ring is 1. The first-order valence-corrected chi connectivity index (χ1v) is 5.45. The van der Waals surface area contributed by atoms with Crippen LogP contribution in [0.3, 0.4) is 0 Å². The van der Waals surface area contributed by atoms with E-state index in [9.17, 15) is 14.4 Å². The van der Waals surface area contributed by atoms with E-state index in [4.69, 9.17) is 5.73 Å². The quantitative estimate of drug-likeness (QED) is 0.525. The predicted molar refractivity (Wildman–Crippen MR) is 64.6 cm³/mol. The summed E-state index contributed by atoms with van der Waals surface area (Å²) in [5.41, 5.74) is 7.47. The van der Waals surface area contributed by atoms with Crippen LogP contribution in [-0.4, -0.2) is 35.7 Å². The van der Waals surface area contributed by atoms with Gasteiger partial charge in [-0.25, -0.2) is 0 Å². The van der Waals surface area contributed by atoms with E-state index in [2.05, 4.69) is 5.32 Å². The van der Waals surface area contributed by atoms with Crippen LogP contribution in [-0.2, 0) is 9.59 Å². The maximum Gasteiger partial charge on any atom is 0.254 e. The third-order valence-electron chi connectivity index (χ3n) is 2.75. The van der Waals surface area contributed by atoms with Gasteiger partial charge >= 0.3 is 0 Å². The Hall–Kier alpha value is -2.37. The molecule has 1 saturated heterocycles. The van der Waals surface area contributed by atoms with E-state index in [1.165, 1.54) is 4.90 Å². The molecule has 0 atom stereocenters. The minimum absolute atomic E-state index is 0.103. The standard InChI is InChI=1S/C12H13N3O3/c1-7-4-8(2-3-9(7)13)12(18)15-5-10(16)14-11(17)6-15/h2-4H,5-6,13H2,1H3,(H,14,16,17). The maximum absolute atomic E-state index is 12.1. The Morgan fingerprint density at radius 1 is 1.28 bits per heavy atom. The number of aryl methyl sites for hydroxylation is 1. The van der Waals surface area contributed by atoms with Gasteiger partial charge in [0.15, 0.2) is 0 Å². The van der Waals surface area contributed by atoms with Gasteiger partial charge in [-0.2, -0.15) is 0 Å². The monoisotopic (exact) mass is 247 g/mol. The van der Waals surface area contributed by atoms with Crippen molar-refractivity contribution >= 4 is 23.4 Å². The molecule has 1 fully saturated rings. The highest BCUT2D eigenvalue weighted by Crippen LogP contribution is 2.14. The third-order valence-corrected chi connectivity index (χ3v) is 2.75. The highest BCUT2D eigenvalue weighted by molar-refractivity contribution is 6.05. The Morgan fingerprint density at radius 2 is 1.89 bits per heavy atom. The van der Waals surface area contributed by atoms with Crippen LogP contribution >= 0.6 is 0 Å². The lowest BCUT2D eigenvalue weighted by Gasteiger charge is -2.25. The number of amides is 3. The summed E-state index contributed by atoms with van der Waals surface area (Å²) in [6.07, 6.45) is 0. The summed E-state index contributed by atoms with van der Waals surface area (Å²) in [4.78, 5) is 35.7. The topological polar surface area (TPSA) is 92.5 Å². The molecule has 18 heavy (non-hydrogen) atoms. The summed E-state index contributed by atoms with van der Waals surface area (Å²) in [5.74, 6) is -1.28. The fourth-order valence-corrected chi connectivity index (χ4v) is 1.77. The van der Waals surface area contributed by atoms with Crippen molar-refractivity contribution < 1.29 is 14.4 Å². The lowest BCUT2D eigenvalue weighted by Crippen LogP contribution is -2.53. The van der Waals surface area contributed by atoms with Gasteiger partial charge in [-0.15, -0.1) is 0 Å². The molecular formula is C12H13N3O3. The minimum Gasteiger partial charge on any atom is -0.399 e. The lowest BCUT2D eigenvalue weighted by molar-refractivity contribution is -0.135. The molecule has 0 unspecified atom stereocenters. The molecule has 1 heterocycles. The molecule has 3 amide bonds. The minimum atomic E-state index is -0.466. The molecule has 0 bridgehead atoms. The number of piperazine rings is 1. The molecule has 0 radical (unpaired) electrons. The van der Waals surface area contributed by atoms with E-state index >= 15 is 0 Å². The van der Waals surface area contributed by atoms with Gasteiger partial charge in [-0.05, 0) is 30.7 Å². The van der Waals surface area contributed by atoms with Gasteiger partial charge in [0.2, 0.25) is 11.8 Å². The van der Waals surface area contributed by atoms with Gasteiger partial charge in [0.25, 0.3) is 5.91 Å². The predicted octanol–water partition coefficient (Wildman–Crippen LogP) is -0.324. The van der Waals surface area contributed by atoms with E-state index in [0.29, 0.717) is 11.3 Å². The molecule has 0 saturated carbocycles. The van der Waals surface area contributed by atoms with Crippen molar-refractivity contribution in [3.05, 3.63) is 29.3 Å². The average molecular weight is 247 g/mol. The first-order chi connectivity index (χ1) is 8.47. The normalized spacial score (nSPS) is 15.5. The molecule has 0 aliphatic carbocycles. The number of nitrogens with one attached hydrogen (secondary N) is 1. The molecule has 3 N–H and O–H groups in total. The Balaban J connectivity index is 2.22. The second-order valence-electron chi connectivity index (χ2n) is 4.20. The molecule has 1 aliphatic heterocycles. The van der Waals surface area contributed by atoms with Crippen LogP contribution in [0.1, 0.15) is 15.9 Å². The van der Waals surface area contributed by atoms with Crippen molar-refractivity contribution in [3.8, 4) is 0 Å². The summed E-state index contributed by atoms with van der Waals surface area (Å²) < 4.78 is 0. The zero-order valence-electron chi connectivity index (χ0n) is 9.90. The molecule has 1 aromatic carbocycles. The number of imide groups is 1. The second-order valence-corrected chi connectivity index (χ2v) is 4.20. The van der Waals surface area contributed by atoms with Crippen molar-refractivity contribution in [1.29, 1.82) is 0 Å². The zero-order chi connectivity index (χ0) is 13.3. The SMILES string of the molecule is Cc1cc(C(=O)N2CC(=O)NC(=O)C2)ccc1N. The number of carbonyl (C=O) groups is 3. The highest BCUT2D eigenvalue weighted by atomic mass is 16.2. The van der Waals surface area contributed by atoms with Gasteiger partial charge in [0.05, 0.1) is 0 Å². The van der Waals surface area contributed by atoms with Crippen LogP contribution < -0.4 is 11.1 Å². The molecule has 1 aliphatic rings. The summed E-state index contributed by atoms with van der Waals surface area (Å²) in [6.45, 7) is 1.59. The van der Waals surface area contributed by atoms with E-state index in [0.717, 1.165) is 5.56 Å². The number of carbonyl (C=O) groups excluding carboxylic acids is 3. The van der Waals surface area contributed by atoms with Gasteiger partial charge in [0.1, 0.15) is 13.1 Å². The number of nitrogens with zero attached hydrogens (tertiary/aromatic N) is 1. The fraction of sp³-hybridized carbons (Fsp3) is 0.250. The summed E-state index contributed by atoms with van der Waals surface area (Å²) in [6, 6.07) is 4.87. The van der Waals surface area contributed by atoms with Gasteiger partial charge in [0, 0.05) is 11.3 Å². The van der Waals surface area contributed by atoms with E-state index in [1.54, 1.807) is 25.1 Å². The van der Waals surface area contributed by atoms with Gasteiger partial charge in [-0.3, -0.25) is 19.7 Å². The van der Waals surface area contributed by atoms with Crippen molar-refractivity contribution in [3.63, 3.8) is 0 Å². The van der Waals surface area contributed by atoms with Gasteiger partial charge in [-0.1, -0.05) is 0 Å². The van der Waals surface area contributed by atoms with Crippen LogP contribution in [0.5, 0.6) is 0 Å². The summed E-state index contributed by atoms with van der Waals surface area (Å²) >= 11 is 0. The average Bonchev–Trinajstić information content (AvgIpc) is 2.30. The van der Waals surface area contributed by atoms with Crippen LogP contribution in [0.25, 0.3) is 0 Å². The first kappa shape index (κ1) is 12.1. The maximum atomic E-state index is 12.1. The number of hydrogen-bond acceptors (Lipinski definition) is 4. The molecule has 94 valence electrons. The van der Waals surface area contributed by atoms with E-state index in [1.807, 2.05) is 0 Å². The number of hydrogen-bond donors (Lipinski definition) is 2. The van der Waals surface area contributed by atoms with Crippen molar-refractivity contribution in [2.45, 2.75) is 6.92 Å². The fourth-order valence-electron chi connectivity index (χ4n) is 1.77. The van der Waals surface area contributed by atoms with Crippen LogP contribution in [0, 0.1) is 6.92 Å². The van der Waals surface area contributed by atoms with E-state index in [-0.39, 0.29) is 19.0 Å². The Morgan fingerprint density at radius 3 is 2.44 bits per heavy atom. The molecule has 6 heteroatoms. The van der Waals surface area contributed by atoms with Crippen molar-refractivity contribution in [2.75, 3.05) is 18.8 Å². The molecule has 1 aromatic rings. The van der Waals surface area contributed by atoms with E-state index < -0.39 is 11.8 Å². The number of benzene rings is 1. The van der Waals surface area contributed by atoms with Crippen LogP contribution in [0.2, 0.25) is 0 Å². The Labute approximate surface area is 104 Å². The Bertz CT molecular complexity index is 523. The highest BCUT2D eigenvalue weighted by Gasteiger charge is 2.27. The van der Waals surface area contributed by atoms with Gasteiger partial charge < -0.3 is 10.6 Å². The smallest absolute Gasteiger partial charge is 0.254 e. The molecular weight excluding hydrogens is 234 g/mol. The molecule has 0 spiro atoms. The second kappa shape index (κ2) is 4.48. The third kappa shape index (κ3) is 2.32. The largest absolute Gasteiger partial charge is 0.399 e. The molecule has 6 nitrogen and oxygen atoms in total. The zero-order valence-corrected chi connectivity index (χ0v) is 9.90. The number of anilines is 1. The van der Waals surface area contributed by atoms with Crippen LogP contribution in [0.15, 0.2) is 18.2 Å². The van der Waals surface area contributed by atoms with Crippen molar-refractivity contribution in [2.24, 2.45) is 0 Å². The Kier molecular flexibility index (Phi) is 3.01. The molecule has 2 rings (SSSR count). The first-order valence-electron chi connectivity index (χ1n) is 5.45. The summed E-state index contributed by atoms with van der Waals surface area (Å²) in [5, 5.41) is 2.14. The number of rotatable bonds is 1. The lowest BCUT2D eigenvalue weighted by atomic mass is 10.1. The molecule has 0 aromatic heterocycles.